The van der Waals surface area contributed by atoms with Crippen LogP contribution in [-0.2, 0) is 4.79 Å². The molecular formula is C25H21FN8O2. The van der Waals surface area contributed by atoms with Gasteiger partial charge in [0.15, 0.2) is 5.65 Å². The van der Waals surface area contributed by atoms with Gasteiger partial charge in [-0.2, -0.15) is 5.10 Å². The van der Waals surface area contributed by atoms with Gasteiger partial charge in [-0.3, -0.25) is 9.59 Å². The highest BCUT2D eigenvalue weighted by Crippen LogP contribution is 2.38. The molecule has 0 radical (unpaired) electrons. The highest BCUT2D eigenvalue weighted by molar-refractivity contribution is 6.05. The molecule has 180 valence electrons. The lowest BCUT2D eigenvalue weighted by Gasteiger charge is -2.35. The summed E-state index contributed by atoms with van der Waals surface area (Å²) in [6, 6.07) is 9.19. The maximum atomic E-state index is 15.0. The van der Waals surface area contributed by atoms with Gasteiger partial charge in [-0.25, -0.2) is 24.0 Å². The van der Waals surface area contributed by atoms with Crippen LogP contribution in [0.4, 0.5) is 16.0 Å². The predicted molar refractivity (Wildman–Crippen MR) is 131 cm³/mol. The molecule has 0 unspecified atom stereocenters. The Morgan fingerprint density at radius 2 is 2.00 bits per heavy atom. The highest BCUT2D eigenvalue weighted by Gasteiger charge is 2.34. The van der Waals surface area contributed by atoms with Crippen LogP contribution in [0.25, 0.3) is 22.3 Å². The van der Waals surface area contributed by atoms with Crippen molar-refractivity contribution in [1.29, 1.82) is 0 Å². The first kappa shape index (κ1) is 22.9. The summed E-state index contributed by atoms with van der Waals surface area (Å²) in [5.74, 6) is 3.91. The number of halogens is 1. The van der Waals surface area contributed by atoms with Gasteiger partial charge in [0.05, 0.1) is 17.0 Å². The third-order valence-electron chi connectivity index (χ3n) is 5.94. The fourth-order valence-corrected chi connectivity index (χ4v) is 4.16. The van der Waals surface area contributed by atoms with Crippen LogP contribution in [0.1, 0.15) is 36.2 Å². The first-order valence-electron chi connectivity index (χ1n) is 11.2. The number of benzene rings is 1. The number of carbonyl (C=O) groups is 2. The van der Waals surface area contributed by atoms with Gasteiger partial charge in [0.1, 0.15) is 29.5 Å². The van der Waals surface area contributed by atoms with Crippen molar-refractivity contribution in [2.75, 3.05) is 11.1 Å². The molecular weight excluding hydrogens is 463 g/mol. The molecule has 1 aromatic carbocycles. The lowest BCUT2D eigenvalue weighted by atomic mass is 9.87. The van der Waals surface area contributed by atoms with Crippen LogP contribution in [0, 0.1) is 17.7 Å². The molecule has 0 atom stereocenters. The third-order valence-corrected chi connectivity index (χ3v) is 5.94. The van der Waals surface area contributed by atoms with Gasteiger partial charge in [-0.05, 0) is 50.0 Å². The standard InChI is InChI=1S/C25H21FN8O2/c1-2-5-20(35)31-15-11-16(12-15)34-24-21(23(27)29-13-30-24)22(33-34)14-7-8-17(18(26)10-14)25(36)32-19-6-3-4-9-28-19/h3-4,6-10,13,15-16H,11-12H2,1H3,(H,31,35)(H2,27,29,30)(H,28,32,36)/t15-,16+. The zero-order valence-electron chi connectivity index (χ0n) is 19.2. The number of nitrogen functional groups attached to an aromatic ring is 1. The molecule has 36 heavy (non-hydrogen) atoms. The molecule has 4 N–H and O–H groups in total. The molecule has 0 saturated heterocycles. The number of amides is 2. The second-order valence-corrected chi connectivity index (χ2v) is 8.29. The van der Waals surface area contributed by atoms with Gasteiger partial charge in [0, 0.05) is 17.8 Å². The van der Waals surface area contributed by atoms with E-state index in [2.05, 4.69) is 37.4 Å². The van der Waals surface area contributed by atoms with E-state index in [4.69, 9.17) is 10.8 Å². The minimum atomic E-state index is -0.720. The largest absolute Gasteiger partial charge is 0.383 e. The molecule has 1 saturated carbocycles. The highest BCUT2D eigenvalue weighted by atomic mass is 19.1. The van der Waals surface area contributed by atoms with E-state index >= 15 is 4.39 Å². The van der Waals surface area contributed by atoms with Crippen LogP contribution in [0.5, 0.6) is 0 Å². The lowest BCUT2D eigenvalue weighted by Crippen LogP contribution is -2.44. The normalized spacial score (nSPS) is 16.5. The Hall–Kier alpha value is -4.85. The summed E-state index contributed by atoms with van der Waals surface area (Å²) in [4.78, 5) is 36.7. The Labute approximate surface area is 205 Å². The zero-order valence-corrected chi connectivity index (χ0v) is 19.2. The van der Waals surface area contributed by atoms with Gasteiger partial charge in [0.25, 0.3) is 11.8 Å². The number of hydrogen-bond acceptors (Lipinski definition) is 7. The Bertz CT molecular complexity index is 1530. The van der Waals surface area contributed by atoms with Gasteiger partial charge in [-0.1, -0.05) is 18.1 Å². The van der Waals surface area contributed by atoms with Crippen LogP contribution in [0.2, 0.25) is 0 Å². The van der Waals surface area contributed by atoms with Crippen LogP contribution in [0.3, 0.4) is 0 Å². The van der Waals surface area contributed by atoms with Gasteiger partial charge >= 0.3 is 0 Å². The Morgan fingerprint density at radius 3 is 2.72 bits per heavy atom. The van der Waals surface area contributed by atoms with Crippen molar-refractivity contribution in [2.24, 2.45) is 0 Å². The van der Waals surface area contributed by atoms with Crippen molar-refractivity contribution in [3.8, 4) is 23.1 Å². The molecule has 0 bridgehead atoms. The molecule has 2 amide bonds. The second-order valence-electron chi connectivity index (χ2n) is 8.29. The number of pyridine rings is 1. The van der Waals surface area contributed by atoms with Crippen LogP contribution < -0.4 is 16.4 Å². The molecule has 0 aliphatic heterocycles. The number of fused-ring (bicyclic) bond motifs is 1. The predicted octanol–water partition coefficient (Wildman–Crippen LogP) is 2.70. The summed E-state index contributed by atoms with van der Waals surface area (Å²) in [6.45, 7) is 1.60. The number of carbonyl (C=O) groups excluding carboxylic acids is 2. The summed E-state index contributed by atoms with van der Waals surface area (Å²) >= 11 is 0. The number of aromatic nitrogens is 5. The van der Waals surface area contributed by atoms with Crippen molar-refractivity contribution in [3.63, 3.8) is 0 Å². The number of nitrogens with two attached hydrogens (primary N) is 1. The van der Waals surface area contributed by atoms with E-state index in [9.17, 15) is 9.59 Å². The van der Waals surface area contributed by atoms with Crippen molar-refractivity contribution in [2.45, 2.75) is 31.8 Å². The summed E-state index contributed by atoms with van der Waals surface area (Å²) < 4.78 is 16.8. The van der Waals surface area contributed by atoms with Crippen LogP contribution in [-0.4, -0.2) is 42.6 Å². The Balaban J connectivity index is 1.43. The molecule has 1 fully saturated rings. The molecule has 11 heteroatoms. The molecule has 3 heterocycles. The van der Waals surface area contributed by atoms with E-state index in [1.54, 1.807) is 35.9 Å². The van der Waals surface area contributed by atoms with Gasteiger partial charge in [-0.15, -0.1) is 0 Å². The SMILES string of the molecule is CC#CC(=O)N[C@H]1C[C@@H](n2nc(-c3ccc(C(=O)Nc4ccccn4)c(F)c3)c3c(N)ncnc32)C1. The summed E-state index contributed by atoms with van der Waals surface area (Å²) in [5.41, 5.74) is 7.36. The average Bonchev–Trinajstić information content (AvgIpc) is 3.22. The first-order chi connectivity index (χ1) is 17.4. The molecule has 10 nitrogen and oxygen atoms in total. The van der Waals surface area contributed by atoms with E-state index in [0.29, 0.717) is 41.0 Å². The summed E-state index contributed by atoms with van der Waals surface area (Å²) in [5, 5.41) is 10.6. The molecule has 4 aromatic rings. The minimum absolute atomic E-state index is 0.0282. The lowest BCUT2D eigenvalue weighted by molar-refractivity contribution is -0.117. The maximum Gasteiger partial charge on any atom is 0.296 e. The van der Waals surface area contributed by atoms with Gasteiger partial charge < -0.3 is 16.4 Å². The van der Waals surface area contributed by atoms with E-state index < -0.39 is 11.7 Å². The molecule has 5 rings (SSSR count). The van der Waals surface area contributed by atoms with E-state index in [0.717, 1.165) is 0 Å². The summed E-state index contributed by atoms with van der Waals surface area (Å²) in [6.07, 6.45) is 4.15. The molecule has 1 aliphatic rings. The number of rotatable bonds is 5. The zero-order chi connectivity index (χ0) is 25.2. The molecule has 0 spiro atoms. The van der Waals surface area contributed by atoms with E-state index in [1.165, 1.54) is 24.7 Å². The van der Waals surface area contributed by atoms with Crippen molar-refractivity contribution in [3.05, 3.63) is 60.3 Å². The van der Waals surface area contributed by atoms with Crippen molar-refractivity contribution < 1.29 is 14.0 Å². The number of nitrogens with one attached hydrogen (secondary N) is 2. The first-order valence-corrected chi connectivity index (χ1v) is 11.2. The fraction of sp³-hybridized carbons (Fsp3) is 0.200. The quantitative estimate of drug-likeness (QED) is 0.370. The summed E-state index contributed by atoms with van der Waals surface area (Å²) in [7, 11) is 0. The molecule has 1 aliphatic carbocycles. The topological polar surface area (TPSA) is 141 Å². The number of nitrogens with zero attached hydrogens (tertiary/aromatic N) is 5. The monoisotopic (exact) mass is 484 g/mol. The van der Waals surface area contributed by atoms with Crippen LogP contribution >= 0.6 is 0 Å². The Kier molecular flexibility index (Phi) is 6.00. The number of hydrogen-bond donors (Lipinski definition) is 3. The molecule has 3 aromatic heterocycles. The van der Waals surface area contributed by atoms with E-state index in [-0.39, 0.29) is 29.4 Å². The second kappa shape index (κ2) is 9.42. The minimum Gasteiger partial charge on any atom is -0.383 e. The third kappa shape index (κ3) is 4.32. The van der Waals surface area contributed by atoms with Crippen molar-refractivity contribution in [1.82, 2.24) is 30.0 Å². The average molecular weight is 484 g/mol. The fourth-order valence-electron chi connectivity index (χ4n) is 4.16. The van der Waals surface area contributed by atoms with Crippen LogP contribution in [0.15, 0.2) is 48.9 Å². The van der Waals surface area contributed by atoms with Gasteiger partial charge in [0.2, 0.25) is 0 Å². The Morgan fingerprint density at radius 1 is 1.17 bits per heavy atom. The number of anilines is 2. The maximum absolute atomic E-state index is 15.0. The van der Waals surface area contributed by atoms with Crippen molar-refractivity contribution >= 4 is 34.5 Å². The smallest absolute Gasteiger partial charge is 0.296 e. The van der Waals surface area contributed by atoms with E-state index in [1.807, 2.05) is 0 Å².